The number of H-pyrrole nitrogens is 1. The van der Waals surface area contributed by atoms with Gasteiger partial charge >= 0.3 is 5.69 Å². The Balaban J connectivity index is 1.71. The number of hydrogen-bond acceptors (Lipinski definition) is 7. The van der Waals surface area contributed by atoms with Crippen molar-refractivity contribution in [2.24, 2.45) is 5.10 Å². The molecule has 3 rings (SSSR count). The third-order valence-electron chi connectivity index (χ3n) is 4.12. The zero-order valence-corrected chi connectivity index (χ0v) is 16.6. The number of hydrogen-bond donors (Lipinski definition) is 2. The maximum atomic E-state index is 11.1. The second-order valence-electron chi connectivity index (χ2n) is 6.40. The molecule has 29 heavy (non-hydrogen) atoms. The SMILES string of the molecule is CCOc1cc(/C=N/Nc2cn[nH]c(=O)n2)ccc1OCc1cc(C)ccc1C. The number of aryl methyl sites for hydroxylation is 2. The predicted molar refractivity (Wildman–Crippen MR) is 112 cm³/mol. The van der Waals surface area contributed by atoms with Crippen LogP contribution in [0.25, 0.3) is 0 Å². The molecule has 8 heteroatoms. The van der Waals surface area contributed by atoms with Crippen LogP contribution in [0.3, 0.4) is 0 Å². The summed E-state index contributed by atoms with van der Waals surface area (Å²) in [5.41, 5.74) is 6.44. The lowest BCUT2D eigenvalue weighted by Crippen LogP contribution is -2.13. The molecule has 1 heterocycles. The van der Waals surface area contributed by atoms with E-state index in [-0.39, 0.29) is 5.82 Å². The molecular formula is C21H23N5O3. The van der Waals surface area contributed by atoms with Gasteiger partial charge in [-0.3, -0.25) is 5.43 Å². The van der Waals surface area contributed by atoms with E-state index in [4.69, 9.17) is 9.47 Å². The quantitative estimate of drug-likeness (QED) is 0.450. The Morgan fingerprint density at radius 3 is 2.79 bits per heavy atom. The van der Waals surface area contributed by atoms with Gasteiger partial charge in [-0.2, -0.15) is 15.2 Å². The highest BCUT2D eigenvalue weighted by atomic mass is 16.5. The van der Waals surface area contributed by atoms with E-state index >= 15 is 0 Å². The van der Waals surface area contributed by atoms with E-state index in [0.717, 1.165) is 11.1 Å². The van der Waals surface area contributed by atoms with E-state index in [2.05, 4.69) is 57.8 Å². The summed E-state index contributed by atoms with van der Waals surface area (Å²) in [6, 6.07) is 11.9. The normalized spacial score (nSPS) is 10.9. The zero-order valence-electron chi connectivity index (χ0n) is 16.6. The highest BCUT2D eigenvalue weighted by Gasteiger charge is 2.08. The van der Waals surface area contributed by atoms with E-state index in [1.807, 2.05) is 25.1 Å². The molecule has 0 aliphatic heterocycles. The van der Waals surface area contributed by atoms with E-state index in [0.29, 0.717) is 24.7 Å². The van der Waals surface area contributed by atoms with Gasteiger partial charge in [0.1, 0.15) is 6.61 Å². The second-order valence-corrected chi connectivity index (χ2v) is 6.40. The first kappa shape index (κ1) is 20.1. The van der Waals surface area contributed by atoms with Crippen molar-refractivity contribution >= 4 is 12.0 Å². The minimum atomic E-state index is -0.547. The second kappa shape index (κ2) is 9.50. The maximum absolute atomic E-state index is 11.1. The summed E-state index contributed by atoms with van der Waals surface area (Å²) in [5, 5.41) is 9.91. The summed E-state index contributed by atoms with van der Waals surface area (Å²) in [5.74, 6) is 1.56. The van der Waals surface area contributed by atoms with E-state index < -0.39 is 5.69 Å². The molecule has 0 spiro atoms. The van der Waals surface area contributed by atoms with Crippen molar-refractivity contribution < 1.29 is 9.47 Å². The van der Waals surface area contributed by atoms with Crippen LogP contribution in [0, 0.1) is 13.8 Å². The van der Waals surface area contributed by atoms with Crippen molar-refractivity contribution in [3.63, 3.8) is 0 Å². The van der Waals surface area contributed by atoms with Crippen LogP contribution in [0.4, 0.5) is 5.82 Å². The molecule has 0 radical (unpaired) electrons. The number of aromatic amines is 1. The van der Waals surface area contributed by atoms with Gasteiger partial charge in [0.25, 0.3) is 0 Å². The number of ether oxygens (including phenoxy) is 2. The van der Waals surface area contributed by atoms with Crippen LogP contribution in [-0.2, 0) is 6.61 Å². The van der Waals surface area contributed by atoms with Crippen LogP contribution in [0.2, 0.25) is 0 Å². The zero-order chi connectivity index (χ0) is 20.6. The summed E-state index contributed by atoms with van der Waals surface area (Å²) >= 11 is 0. The topological polar surface area (TPSA) is 101 Å². The molecule has 0 saturated heterocycles. The molecule has 1 aromatic heterocycles. The largest absolute Gasteiger partial charge is 0.490 e. The summed E-state index contributed by atoms with van der Waals surface area (Å²) in [6.45, 7) is 7.03. The number of nitrogens with zero attached hydrogens (tertiary/aromatic N) is 3. The first-order valence-corrected chi connectivity index (χ1v) is 9.21. The van der Waals surface area contributed by atoms with Gasteiger partial charge in [0.15, 0.2) is 17.3 Å². The molecule has 3 aromatic rings. The summed E-state index contributed by atoms with van der Waals surface area (Å²) in [6.07, 6.45) is 2.97. The van der Waals surface area contributed by atoms with Crippen LogP contribution < -0.4 is 20.6 Å². The maximum Gasteiger partial charge on any atom is 0.363 e. The first-order valence-electron chi connectivity index (χ1n) is 9.21. The Hall–Kier alpha value is -3.68. The number of nitrogens with one attached hydrogen (secondary N) is 2. The number of benzene rings is 2. The average molecular weight is 393 g/mol. The van der Waals surface area contributed by atoms with E-state index in [1.54, 1.807) is 6.21 Å². The Kier molecular flexibility index (Phi) is 6.57. The van der Waals surface area contributed by atoms with Crippen molar-refractivity contribution in [2.75, 3.05) is 12.0 Å². The summed E-state index contributed by atoms with van der Waals surface area (Å²) in [7, 11) is 0. The van der Waals surface area contributed by atoms with Crippen molar-refractivity contribution in [1.29, 1.82) is 0 Å². The first-order chi connectivity index (χ1) is 14.0. The number of hydrazone groups is 1. The van der Waals surface area contributed by atoms with Crippen LogP contribution in [0.5, 0.6) is 11.5 Å². The van der Waals surface area contributed by atoms with Crippen LogP contribution >= 0.6 is 0 Å². The highest BCUT2D eigenvalue weighted by molar-refractivity contribution is 5.81. The van der Waals surface area contributed by atoms with Gasteiger partial charge in [0.2, 0.25) is 0 Å². The number of anilines is 1. The Morgan fingerprint density at radius 2 is 2.00 bits per heavy atom. The van der Waals surface area contributed by atoms with Crippen molar-refractivity contribution in [1.82, 2.24) is 15.2 Å². The molecule has 0 unspecified atom stereocenters. The minimum absolute atomic E-state index is 0.253. The van der Waals surface area contributed by atoms with Crippen molar-refractivity contribution in [3.05, 3.63) is 75.3 Å². The van der Waals surface area contributed by atoms with Crippen LogP contribution in [0.15, 0.2) is 52.5 Å². The van der Waals surface area contributed by atoms with Crippen molar-refractivity contribution in [2.45, 2.75) is 27.4 Å². The number of aromatic nitrogens is 3. The monoisotopic (exact) mass is 393 g/mol. The van der Waals surface area contributed by atoms with Gasteiger partial charge in [0.05, 0.1) is 19.0 Å². The fourth-order valence-electron chi connectivity index (χ4n) is 2.64. The smallest absolute Gasteiger partial charge is 0.363 e. The summed E-state index contributed by atoms with van der Waals surface area (Å²) < 4.78 is 11.7. The van der Waals surface area contributed by atoms with Gasteiger partial charge in [-0.25, -0.2) is 9.89 Å². The lowest BCUT2D eigenvalue weighted by Gasteiger charge is -2.14. The number of rotatable bonds is 8. The fourth-order valence-corrected chi connectivity index (χ4v) is 2.64. The predicted octanol–water partition coefficient (Wildman–Crippen LogP) is 3.21. The van der Waals surface area contributed by atoms with Crippen LogP contribution in [0.1, 0.15) is 29.2 Å². The lowest BCUT2D eigenvalue weighted by molar-refractivity contribution is 0.269. The van der Waals surface area contributed by atoms with E-state index in [9.17, 15) is 4.79 Å². The lowest BCUT2D eigenvalue weighted by atomic mass is 10.1. The minimum Gasteiger partial charge on any atom is -0.490 e. The van der Waals surface area contributed by atoms with Gasteiger partial charge in [-0.1, -0.05) is 23.8 Å². The summed E-state index contributed by atoms with van der Waals surface area (Å²) in [4.78, 5) is 14.8. The molecule has 2 aromatic carbocycles. The highest BCUT2D eigenvalue weighted by Crippen LogP contribution is 2.29. The Labute approximate surface area is 168 Å². The van der Waals surface area contributed by atoms with Crippen molar-refractivity contribution in [3.8, 4) is 11.5 Å². The van der Waals surface area contributed by atoms with Gasteiger partial charge in [0, 0.05) is 0 Å². The Morgan fingerprint density at radius 1 is 1.14 bits per heavy atom. The van der Waals surface area contributed by atoms with E-state index in [1.165, 1.54) is 17.3 Å². The molecule has 0 bridgehead atoms. The molecule has 0 fully saturated rings. The molecule has 150 valence electrons. The van der Waals surface area contributed by atoms with Gasteiger partial charge < -0.3 is 9.47 Å². The molecule has 0 aliphatic rings. The third kappa shape index (κ3) is 5.65. The fraction of sp³-hybridized carbons (Fsp3) is 0.238. The molecule has 8 nitrogen and oxygen atoms in total. The molecule has 0 aliphatic carbocycles. The Bertz CT molecular complexity index is 1060. The molecule has 0 amide bonds. The van der Waals surface area contributed by atoms with Gasteiger partial charge in [-0.15, -0.1) is 0 Å². The third-order valence-corrected chi connectivity index (χ3v) is 4.12. The molecule has 0 saturated carbocycles. The molecular weight excluding hydrogens is 370 g/mol. The molecule has 0 atom stereocenters. The van der Waals surface area contributed by atoms with Crippen LogP contribution in [-0.4, -0.2) is 28.0 Å². The van der Waals surface area contributed by atoms with Gasteiger partial charge in [-0.05, 0) is 55.7 Å². The average Bonchev–Trinajstić information content (AvgIpc) is 2.70. The standard InChI is InChI=1S/C21H23N5O3/c1-4-28-19-10-16(11-22-25-20-12-23-26-21(27)24-20)7-8-18(19)29-13-17-9-14(2)5-6-15(17)3/h5-12H,4,13H2,1-3H3,(H2,24,25,26,27)/b22-11+. The molecule has 2 N–H and O–H groups in total.